The van der Waals surface area contributed by atoms with E-state index < -0.39 is 0 Å². The third kappa shape index (κ3) is 4.30. The van der Waals surface area contributed by atoms with Gasteiger partial charge in [0.2, 0.25) is 0 Å². The molecule has 1 rings (SSSR count). The van der Waals surface area contributed by atoms with Gasteiger partial charge in [-0.25, -0.2) is 0 Å². The molecule has 1 atom stereocenters. The Morgan fingerprint density at radius 3 is 2.69 bits per heavy atom. The van der Waals surface area contributed by atoms with Crippen LogP contribution in [0, 0.1) is 0 Å². The highest BCUT2D eigenvalue weighted by Crippen LogP contribution is 2.18. The van der Waals surface area contributed by atoms with Crippen molar-refractivity contribution in [1.29, 1.82) is 0 Å². The van der Waals surface area contributed by atoms with E-state index in [1.807, 2.05) is 0 Å². The lowest BCUT2D eigenvalue weighted by Crippen LogP contribution is -2.39. The number of alkyl halides is 1. The molecule has 0 aromatic heterocycles. The zero-order chi connectivity index (χ0) is 9.52. The van der Waals surface area contributed by atoms with Crippen LogP contribution < -0.4 is 5.32 Å². The fourth-order valence-corrected chi connectivity index (χ4v) is 2.24. The number of hydrogen-bond acceptors (Lipinski definition) is 2. The van der Waals surface area contributed by atoms with Crippen LogP contribution >= 0.6 is 11.6 Å². The van der Waals surface area contributed by atoms with Crippen molar-refractivity contribution in [3.63, 3.8) is 0 Å². The number of hydrogen-bond donors (Lipinski definition) is 1. The smallest absolute Gasteiger partial charge is 0.0616 e. The van der Waals surface area contributed by atoms with Crippen molar-refractivity contribution in [3.05, 3.63) is 0 Å². The van der Waals surface area contributed by atoms with Crippen molar-refractivity contribution in [2.45, 2.75) is 44.2 Å². The first kappa shape index (κ1) is 11.3. The molecule has 0 aromatic carbocycles. The summed E-state index contributed by atoms with van der Waals surface area (Å²) in [6.45, 7) is 0.781. The van der Waals surface area contributed by atoms with E-state index in [1.54, 1.807) is 7.11 Å². The summed E-state index contributed by atoms with van der Waals surface area (Å²) in [5.74, 6) is 0.716. The van der Waals surface area contributed by atoms with E-state index in [2.05, 4.69) is 5.32 Å². The van der Waals surface area contributed by atoms with Gasteiger partial charge in [0.05, 0.1) is 6.61 Å². The van der Waals surface area contributed by atoms with Crippen LogP contribution in [-0.4, -0.2) is 31.7 Å². The van der Waals surface area contributed by atoms with Gasteiger partial charge in [0, 0.05) is 25.1 Å². The normalized spacial score (nSPS) is 20.8. The fourth-order valence-electron chi connectivity index (χ4n) is 1.97. The standard InChI is InChI=1S/C10H20ClNO/c1-13-8-10(6-7-11)12-9-4-2-3-5-9/h9-10,12H,2-8H2,1H3. The highest BCUT2D eigenvalue weighted by Gasteiger charge is 2.18. The summed E-state index contributed by atoms with van der Waals surface area (Å²) in [5.41, 5.74) is 0. The molecular formula is C10H20ClNO. The van der Waals surface area contributed by atoms with E-state index in [4.69, 9.17) is 16.3 Å². The number of rotatable bonds is 6. The van der Waals surface area contributed by atoms with E-state index in [0.29, 0.717) is 18.0 Å². The lowest BCUT2D eigenvalue weighted by molar-refractivity contribution is 0.159. The average Bonchev–Trinajstić information content (AvgIpc) is 2.58. The minimum Gasteiger partial charge on any atom is -0.383 e. The fraction of sp³-hybridized carbons (Fsp3) is 1.00. The molecule has 1 aliphatic rings. The van der Waals surface area contributed by atoms with Gasteiger partial charge in [-0.05, 0) is 19.3 Å². The summed E-state index contributed by atoms with van der Waals surface area (Å²) in [4.78, 5) is 0. The molecule has 0 radical (unpaired) electrons. The van der Waals surface area contributed by atoms with Crippen molar-refractivity contribution < 1.29 is 4.74 Å². The molecule has 1 unspecified atom stereocenters. The Kier molecular flexibility index (Phi) is 5.76. The molecule has 0 saturated heterocycles. The summed E-state index contributed by atoms with van der Waals surface area (Å²) in [6.07, 6.45) is 6.40. The Morgan fingerprint density at radius 2 is 2.15 bits per heavy atom. The summed E-state index contributed by atoms with van der Waals surface area (Å²) in [5, 5.41) is 3.61. The van der Waals surface area contributed by atoms with Gasteiger partial charge in [-0.1, -0.05) is 12.8 Å². The van der Waals surface area contributed by atoms with Gasteiger partial charge in [0.1, 0.15) is 0 Å². The van der Waals surface area contributed by atoms with Gasteiger partial charge in [-0.3, -0.25) is 0 Å². The van der Waals surface area contributed by atoms with E-state index >= 15 is 0 Å². The Morgan fingerprint density at radius 1 is 1.46 bits per heavy atom. The Balaban J connectivity index is 2.19. The molecular weight excluding hydrogens is 186 g/mol. The number of halogens is 1. The lowest BCUT2D eigenvalue weighted by Gasteiger charge is -2.21. The summed E-state index contributed by atoms with van der Waals surface area (Å²) in [7, 11) is 1.75. The minimum absolute atomic E-state index is 0.450. The molecule has 1 aliphatic carbocycles. The van der Waals surface area contributed by atoms with Gasteiger partial charge < -0.3 is 10.1 Å². The second kappa shape index (κ2) is 6.63. The number of methoxy groups -OCH3 is 1. The zero-order valence-corrected chi connectivity index (χ0v) is 9.15. The maximum atomic E-state index is 5.72. The van der Waals surface area contributed by atoms with Crippen LogP contribution in [0.2, 0.25) is 0 Å². The molecule has 1 fully saturated rings. The van der Waals surface area contributed by atoms with Crippen LogP contribution in [0.15, 0.2) is 0 Å². The summed E-state index contributed by atoms with van der Waals surface area (Å²) < 4.78 is 5.15. The molecule has 13 heavy (non-hydrogen) atoms. The predicted octanol–water partition coefficient (Wildman–Crippen LogP) is 2.16. The largest absolute Gasteiger partial charge is 0.383 e. The summed E-state index contributed by atoms with van der Waals surface area (Å²) >= 11 is 5.72. The molecule has 0 aliphatic heterocycles. The van der Waals surface area contributed by atoms with E-state index in [0.717, 1.165) is 13.0 Å². The van der Waals surface area contributed by atoms with Crippen LogP contribution in [0.4, 0.5) is 0 Å². The first-order chi connectivity index (χ1) is 6.36. The van der Waals surface area contributed by atoms with Crippen LogP contribution in [0.3, 0.4) is 0 Å². The molecule has 0 amide bonds. The number of nitrogens with one attached hydrogen (secondary N) is 1. The third-order valence-corrected chi connectivity index (χ3v) is 2.87. The van der Waals surface area contributed by atoms with Crippen LogP contribution in [0.25, 0.3) is 0 Å². The Hall–Kier alpha value is 0.210. The molecule has 0 bridgehead atoms. The second-order valence-electron chi connectivity index (χ2n) is 3.78. The maximum absolute atomic E-state index is 5.72. The van der Waals surface area contributed by atoms with Crippen molar-refractivity contribution >= 4 is 11.6 Å². The molecule has 1 saturated carbocycles. The highest BCUT2D eigenvalue weighted by atomic mass is 35.5. The van der Waals surface area contributed by atoms with Crippen LogP contribution in [0.1, 0.15) is 32.1 Å². The Bertz CT molecular complexity index is 120. The SMILES string of the molecule is COCC(CCCl)NC1CCCC1. The van der Waals surface area contributed by atoms with Gasteiger partial charge in [-0.15, -0.1) is 11.6 Å². The van der Waals surface area contributed by atoms with Gasteiger partial charge in [0.25, 0.3) is 0 Å². The number of ether oxygens (including phenoxy) is 1. The monoisotopic (exact) mass is 205 g/mol. The highest BCUT2D eigenvalue weighted by molar-refractivity contribution is 6.17. The topological polar surface area (TPSA) is 21.3 Å². The average molecular weight is 206 g/mol. The predicted molar refractivity (Wildman–Crippen MR) is 56.4 cm³/mol. The van der Waals surface area contributed by atoms with E-state index in [1.165, 1.54) is 25.7 Å². The van der Waals surface area contributed by atoms with Crippen LogP contribution in [-0.2, 0) is 4.74 Å². The van der Waals surface area contributed by atoms with Gasteiger partial charge in [-0.2, -0.15) is 0 Å². The Labute approximate surface area is 86.0 Å². The maximum Gasteiger partial charge on any atom is 0.0616 e. The molecule has 0 aromatic rings. The molecule has 3 heteroatoms. The second-order valence-corrected chi connectivity index (χ2v) is 4.16. The molecule has 1 N–H and O–H groups in total. The van der Waals surface area contributed by atoms with Crippen molar-refractivity contribution in [2.75, 3.05) is 19.6 Å². The van der Waals surface area contributed by atoms with Crippen molar-refractivity contribution in [1.82, 2.24) is 5.32 Å². The first-order valence-electron chi connectivity index (χ1n) is 5.17. The first-order valence-corrected chi connectivity index (χ1v) is 5.71. The van der Waals surface area contributed by atoms with Gasteiger partial charge in [0.15, 0.2) is 0 Å². The molecule has 0 heterocycles. The van der Waals surface area contributed by atoms with E-state index in [-0.39, 0.29) is 0 Å². The van der Waals surface area contributed by atoms with E-state index in [9.17, 15) is 0 Å². The van der Waals surface area contributed by atoms with Crippen molar-refractivity contribution in [3.8, 4) is 0 Å². The molecule has 78 valence electrons. The quantitative estimate of drug-likeness (QED) is 0.672. The van der Waals surface area contributed by atoms with Crippen molar-refractivity contribution in [2.24, 2.45) is 0 Å². The third-order valence-electron chi connectivity index (χ3n) is 2.65. The zero-order valence-electron chi connectivity index (χ0n) is 8.39. The van der Waals surface area contributed by atoms with Gasteiger partial charge >= 0.3 is 0 Å². The summed E-state index contributed by atoms with van der Waals surface area (Å²) in [6, 6.07) is 1.16. The minimum atomic E-state index is 0.450. The molecule has 0 spiro atoms. The lowest BCUT2D eigenvalue weighted by atomic mass is 10.2. The molecule has 2 nitrogen and oxygen atoms in total. The van der Waals surface area contributed by atoms with Crippen LogP contribution in [0.5, 0.6) is 0 Å².